The van der Waals surface area contributed by atoms with Gasteiger partial charge in [0.2, 0.25) is 0 Å². The highest BCUT2D eigenvalue weighted by Crippen LogP contribution is 2.24. The second kappa shape index (κ2) is 4.00. The lowest BCUT2D eigenvalue weighted by atomic mass is 10.1. The standard InChI is InChI=1S/C9H6ClF3O/c1-4(14)2-5-6(11)3-7(12)8(10)9(5)13/h3H,2H2,1H3. The maximum absolute atomic E-state index is 13.1. The summed E-state index contributed by atoms with van der Waals surface area (Å²) in [6.07, 6.45) is -0.433. The highest BCUT2D eigenvalue weighted by molar-refractivity contribution is 6.31. The zero-order valence-electron chi connectivity index (χ0n) is 7.20. The van der Waals surface area contributed by atoms with Crippen molar-refractivity contribution in [3.8, 4) is 0 Å². The Kier molecular flexibility index (Phi) is 3.16. The summed E-state index contributed by atoms with van der Waals surface area (Å²) in [6, 6.07) is 0.462. The number of halogens is 4. The number of benzene rings is 1. The molecule has 0 radical (unpaired) electrons. The van der Waals surface area contributed by atoms with Crippen LogP contribution in [0.3, 0.4) is 0 Å². The summed E-state index contributed by atoms with van der Waals surface area (Å²) >= 11 is 5.21. The minimum Gasteiger partial charge on any atom is -0.300 e. The Labute approximate surface area is 83.5 Å². The van der Waals surface area contributed by atoms with Crippen LogP contribution in [0.2, 0.25) is 5.02 Å². The van der Waals surface area contributed by atoms with Crippen LogP contribution >= 0.6 is 11.6 Å². The van der Waals surface area contributed by atoms with Gasteiger partial charge in [0.15, 0.2) is 5.82 Å². The summed E-state index contributed by atoms with van der Waals surface area (Å²) < 4.78 is 38.7. The van der Waals surface area contributed by atoms with Crippen LogP contribution in [0.25, 0.3) is 0 Å². The van der Waals surface area contributed by atoms with Gasteiger partial charge < -0.3 is 0 Å². The molecule has 0 saturated heterocycles. The van der Waals surface area contributed by atoms with Crippen LogP contribution in [0.4, 0.5) is 13.2 Å². The van der Waals surface area contributed by atoms with E-state index in [1.54, 1.807) is 0 Å². The van der Waals surface area contributed by atoms with Crippen LogP contribution in [0, 0.1) is 17.5 Å². The van der Waals surface area contributed by atoms with Gasteiger partial charge in [0, 0.05) is 18.1 Å². The molecule has 0 spiro atoms. The van der Waals surface area contributed by atoms with Crippen LogP contribution in [0.1, 0.15) is 12.5 Å². The van der Waals surface area contributed by atoms with Gasteiger partial charge in [0.25, 0.3) is 0 Å². The molecule has 0 amide bonds. The number of carbonyl (C=O) groups excluding carboxylic acids is 1. The van der Waals surface area contributed by atoms with Crippen molar-refractivity contribution in [1.82, 2.24) is 0 Å². The molecule has 0 bridgehead atoms. The van der Waals surface area contributed by atoms with Gasteiger partial charge in [-0.3, -0.25) is 4.79 Å². The quantitative estimate of drug-likeness (QED) is 0.556. The van der Waals surface area contributed by atoms with Crippen molar-refractivity contribution in [3.63, 3.8) is 0 Å². The van der Waals surface area contributed by atoms with Gasteiger partial charge in [0.1, 0.15) is 22.4 Å². The van der Waals surface area contributed by atoms with E-state index in [-0.39, 0.29) is 0 Å². The zero-order valence-corrected chi connectivity index (χ0v) is 7.96. The Bertz CT molecular complexity index is 390. The van der Waals surface area contributed by atoms with Crippen molar-refractivity contribution in [3.05, 3.63) is 34.1 Å². The lowest BCUT2D eigenvalue weighted by Crippen LogP contribution is -2.04. The summed E-state index contributed by atoms with van der Waals surface area (Å²) in [5.74, 6) is -3.90. The van der Waals surface area contributed by atoms with Crippen molar-refractivity contribution < 1.29 is 18.0 Å². The first-order valence-electron chi connectivity index (χ1n) is 3.74. The largest absolute Gasteiger partial charge is 0.300 e. The maximum Gasteiger partial charge on any atom is 0.151 e. The van der Waals surface area contributed by atoms with E-state index in [0.29, 0.717) is 6.07 Å². The molecule has 0 N–H and O–H groups in total. The van der Waals surface area contributed by atoms with Gasteiger partial charge in [-0.15, -0.1) is 0 Å². The van der Waals surface area contributed by atoms with E-state index in [9.17, 15) is 18.0 Å². The second-order valence-electron chi connectivity index (χ2n) is 2.83. The fraction of sp³-hybridized carbons (Fsp3) is 0.222. The van der Waals surface area contributed by atoms with Gasteiger partial charge >= 0.3 is 0 Å². The number of Topliss-reactive ketones (excluding diaryl/α,β-unsaturated/α-hetero) is 1. The number of ketones is 1. The summed E-state index contributed by atoms with van der Waals surface area (Å²) in [4.78, 5) is 10.6. The van der Waals surface area contributed by atoms with Crippen LogP contribution in [-0.4, -0.2) is 5.78 Å². The van der Waals surface area contributed by atoms with Gasteiger partial charge in [-0.25, -0.2) is 13.2 Å². The van der Waals surface area contributed by atoms with Gasteiger partial charge in [-0.1, -0.05) is 11.6 Å². The third kappa shape index (κ3) is 2.07. The number of carbonyl (C=O) groups is 1. The number of hydrogen-bond donors (Lipinski definition) is 0. The summed E-state index contributed by atoms with van der Waals surface area (Å²) in [5.41, 5.74) is -0.496. The van der Waals surface area contributed by atoms with Crippen LogP contribution in [-0.2, 0) is 11.2 Å². The normalized spacial score (nSPS) is 10.4. The second-order valence-corrected chi connectivity index (χ2v) is 3.20. The first-order chi connectivity index (χ1) is 6.43. The number of rotatable bonds is 2. The molecule has 0 unspecified atom stereocenters. The molecule has 0 atom stereocenters. The molecule has 0 fully saturated rings. The molecule has 1 aromatic carbocycles. The molecule has 0 aliphatic heterocycles. The van der Waals surface area contributed by atoms with E-state index in [1.807, 2.05) is 0 Å². The molecule has 1 rings (SSSR count). The van der Waals surface area contributed by atoms with E-state index >= 15 is 0 Å². The molecule has 0 aliphatic rings. The topological polar surface area (TPSA) is 17.1 Å². The van der Waals surface area contributed by atoms with Crippen molar-refractivity contribution in [2.24, 2.45) is 0 Å². The minimum absolute atomic E-state index is 0.425. The fourth-order valence-electron chi connectivity index (χ4n) is 1.01. The van der Waals surface area contributed by atoms with Crippen LogP contribution in [0.15, 0.2) is 6.07 Å². The Morgan fingerprint density at radius 3 is 2.43 bits per heavy atom. The predicted molar refractivity (Wildman–Crippen MR) is 45.7 cm³/mol. The molecule has 0 heterocycles. The molecule has 76 valence electrons. The average molecular weight is 223 g/mol. The Morgan fingerprint density at radius 2 is 1.93 bits per heavy atom. The predicted octanol–water partition coefficient (Wildman–Crippen LogP) is 2.89. The molecule has 5 heteroatoms. The number of hydrogen-bond acceptors (Lipinski definition) is 1. The molecular formula is C9H6ClF3O. The maximum atomic E-state index is 13.1. The van der Waals surface area contributed by atoms with Crippen LogP contribution < -0.4 is 0 Å². The molecule has 0 aliphatic carbocycles. The molecular weight excluding hydrogens is 217 g/mol. The molecule has 0 saturated carbocycles. The van der Waals surface area contributed by atoms with Crippen LogP contribution in [0.5, 0.6) is 0 Å². The summed E-state index contributed by atoms with van der Waals surface area (Å²) in [7, 11) is 0. The third-order valence-corrected chi connectivity index (χ3v) is 1.98. The highest BCUT2D eigenvalue weighted by atomic mass is 35.5. The Hall–Kier alpha value is -1.03. The van der Waals surface area contributed by atoms with E-state index in [4.69, 9.17) is 11.6 Å². The highest BCUT2D eigenvalue weighted by Gasteiger charge is 2.18. The van der Waals surface area contributed by atoms with Gasteiger partial charge in [0.05, 0.1) is 0 Å². The Morgan fingerprint density at radius 1 is 1.36 bits per heavy atom. The summed E-state index contributed by atoms with van der Waals surface area (Å²) in [6.45, 7) is 1.18. The molecule has 1 nitrogen and oxygen atoms in total. The van der Waals surface area contributed by atoms with Crippen molar-refractivity contribution in [2.45, 2.75) is 13.3 Å². The smallest absolute Gasteiger partial charge is 0.151 e. The third-order valence-electron chi connectivity index (χ3n) is 1.63. The lowest BCUT2D eigenvalue weighted by Gasteiger charge is -2.04. The molecule has 1 aromatic rings. The SMILES string of the molecule is CC(=O)Cc1c(F)cc(F)c(Cl)c1F. The van der Waals surface area contributed by atoms with Crippen molar-refractivity contribution in [1.29, 1.82) is 0 Å². The van der Waals surface area contributed by atoms with E-state index in [1.165, 1.54) is 6.92 Å². The van der Waals surface area contributed by atoms with Crippen molar-refractivity contribution >= 4 is 17.4 Å². The van der Waals surface area contributed by atoms with Gasteiger partial charge in [-0.05, 0) is 6.92 Å². The molecule has 14 heavy (non-hydrogen) atoms. The zero-order chi connectivity index (χ0) is 10.9. The monoisotopic (exact) mass is 222 g/mol. The van der Waals surface area contributed by atoms with E-state index < -0.39 is 40.2 Å². The molecule has 0 aromatic heterocycles. The van der Waals surface area contributed by atoms with Crippen molar-refractivity contribution in [2.75, 3.05) is 0 Å². The fourth-order valence-corrected chi connectivity index (χ4v) is 1.18. The lowest BCUT2D eigenvalue weighted by molar-refractivity contribution is -0.116. The average Bonchev–Trinajstić information content (AvgIpc) is 2.09. The first-order valence-corrected chi connectivity index (χ1v) is 4.12. The first kappa shape index (κ1) is 11.0. The van der Waals surface area contributed by atoms with E-state index in [2.05, 4.69) is 0 Å². The Balaban J connectivity index is 3.29. The minimum atomic E-state index is -1.21. The van der Waals surface area contributed by atoms with Gasteiger partial charge in [-0.2, -0.15) is 0 Å². The van der Waals surface area contributed by atoms with E-state index in [0.717, 1.165) is 0 Å². The summed E-state index contributed by atoms with van der Waals surface area (Å²) in [5, 5.41) is -0.789.